The van der Waals surface area contributed by atoms with E-state index in [9.17, 15) is 0 Å². The first kappa shape index (κ1) is 15.5. The Hall–Kier alpha value is 0.0687. The fourth-order valence-electron chi connectivity index (χ4n) is 2.32. The van der Waals surface area contributed by atoms with Crippen LogP contribution in [0.3, 0.4) is 0 Å². The standard InChI is InChI=1S/C16H21OS.Sn/c1-4-11-17-16(18-15-7-5-6-8-15)10-9-13(2)12-14(16)3;/h5,7,9,12H,4,6,10-11H2,1-3H3;. The fourth-order valence-corrected chi connectivity index (χ4v) is 4.58. The summed E-state index contributed by atoms with van der Waals surface area (Å²) in [5.74, 6) is 0. The molecule has 0 aromatic rings. The van der Waals surface area contributed by atoms with Crippen LogP contribution in [0.5, 0.6) is 0 Å². The molecule has 1 nitrogen and oxygen atoms in total. The van der Waals surface area contributed by atoms with Crippen molar-refractivity contribution in [1.82, 2.24) is 0 Å². The fraction of sp³-hybridized carbons (Fsp3) is 0.500. The van der Waals surface area contributed by atoms with Gasteiger partial charge in [-0.05, 0) is 0 Å². The van der Waals surface area contributed by atoms with Gasteiger partial charge in [-0.15, -0.1) is 0 Å². The van der Waals surface area contributed by atoms with Crippen molar-refractivity contribution in [3.63, 3.8) is 0 Å². The van der Waals surface area contributed by atoms with Crippen molar-refractivity contribution in [3.05, 3.63) is 43.9 Å². The van der Waals surface area contributed by atoms with E-state index in [0.29, 0.717) is 0 Å². The number of rotatable bonds is 5. The summed E-state index contributed by atoms with van der Waals surface area (Å²) in [5, 5.41) is 0. The molecular weight excluding hydrogens is 359 g/mol. The molecule has 0 aliphatic heterocycles. The minimum atomic E-state index is -0.179. The van der Waals surface area contributed by atoms with Crippen molar-refractivity contribution in [2.75, 3.05) is 6.61 Å². The van der Waals surface area contributed by atoms with Gasteiger partial charge >= 0.3 is 135 Å². The van der Waals surface area contributed by atoms with Gasteiger partial charge in [-0.25, -0.2) is 0 Å². The summed E-state index contributed by atoms with van der Waals surface area (Å²) in [5.41, 5.74) is 2.70. The van der Waals surface area contributed by atoms with E-state index in [1.54, 1.807) is 3.59 Å². The molecule has 1 unspecified atom stereocenters. The molecule has 0 aromatic carbocycles. The second kappa shape index (κ2) is 6.68. The minimum absolute atomic E-state index is 0.179. The predicted octanol–water partition coefficient (Wildman–Crippen LogP) is 4.48. The van der Waals surface area contributed by atoms with E-state index in [2.05, 4.69) is 45.1 Å². The van der Waals surface area contributed by atoms with Gasteiger partial charge in [-0.2, -0.15) is 0 Å². The van der Waals surface area contributed by atoms with Gasteiger partial charge in [0.05, 0.1) is 0 Å². The van der Waals surface area contributed by atoms with E-state index in [-0.39, 0.29) is 4.93 Å². The Labute approximate surface area is 134 Å². The van der Waals surface area contributed by atoms with Crippen LogP contribution in [0.25, 0.3) is 0 Å². The molecule has 3 radical (unpaired) electrons. The van der Waals surface area contributed by atoms with Crippen molar-refractivity contribution in [1.29, 1.82) is 0 Å². The van der Waals surface area contributed by atoms with Crippen LogP contribution < -0.4 is 0 Å². The summed E-state index contributed by atoms with van der Waals surface area (Å²) in [4.78, 5) is 1.25. The summed E-state index contributed by atoms with van der Waals surface area (Å²) < 4.78 is 7.83. The van der Waals surface area contributed by atoms with Crippen molar-refractivity contribution < 1.29 is 4.74 Å². The Balaban J connectivity index is 2.24. The van der Waals surface area contributed by atoms with Crippen LogP contribution in [0, 0.1) is 0 Å². The van der Waals surface area contributed by atoms with Gasteiger partial charge in [0.15, 0.2) is 0 Å². The molecule has 0 amide bonds. The van der Waals surface area contributed by atoms with Gasteiger partial charge in [-0.3, -0.25) is 0 Å². The van der Waals surface area contributed by atoms with Crippen LogP contribution in [-0.2, 0) is 4.74 Å². The zero-order valence-electron chi connectivity index (χ0n) is 12.0. The molecule has 2 aliphatic rings. The Morgan fingerprint density at radius 3 is 2.79 bits per heavy atom. The molecule has 0 N–H and O–H groups in total. The van der Waals surface area contributed by atoms with Crippen molar-refractivity contribution >= 4 is 34.3 Å². The molecule has 2 aliphatic carbocycles. The Morgan fingerprint density at radius 1 is 1.42 bits per heavy atom. The first-order chi connectivity index (χ1) is 9.07. The second-order valence-electron chi connectivity index (χ2n) is 5.13. The summed E-state index contributed by atoms with van der Waals surface area (Å²) in [6.45, 7) is 7.38. The van der Waals surface area contributed by atoms with Gasteiger partial charge < -0.3 is 0 Å². The number of hydrogen-bond donors (Lipinski definition) is 0. The average Bonchev–Trinajstić information content (AvgIpc) is 2.77. The molecule has 2 rings (SSSR count). The number of thioether (sulfide) groups is 1. The van der Waals surface area contributed by atoms with Crippen LogP contribution in [0.1, 0.15) is 40.0 Å². The monoisotopic (exact) mass is 381 g/mol. The first-order valence-electron chi connectivity index (χ1n) is 6.87. The molecule has 0 fully saturated rings. The number of allylic oxidation sites excluding steroid dienone is 5. The molecule has 0 saturated carbocycles. The Bertz CT molecular complexity index is 473. The van der Waals surface area contributed by atoms with E-state index < -0.39 is 0 Å². The summed E-state index contributed by atoms with van der Waals surface area (Å²) in [7, 11) is 0. The number of ether oxygens (including phenoxy) is 1. The van der Waals surface area contributed by atoms with Crippen molar-refractivity contribution in [2.24, 2.45) is 0 Å². The molecule has 19 heavy (non-hydrogen) atoms. The third-order valence-corrected chi connectivity index (χ3v) is 6.85. The summed E-state index contributed by atoms with van der Waals surface area (Å²) >= 11 is 3.44. The molecule has 1 atom stereocenters. The van der Waals surface area contributed by atoms with Crippen molar-refractivity contribution in [2.45, 2.75) is 45.0 Å². The van der Waals surface area contributed by atoms with Crippen LogP contribution in [0.2, 0.25) is 0 Å². The molecule has 0 bridgehead atoms. The SMILES string of the molecule is CCCOC1(SC2=[C]([Sn])CC=C2)CC=C(C)C=C1C. The quantitative estimate of drug-likeness (QED) is 0.514. The van der Waals surface area contributed by atoms with E-state index in [0.717, 1.165) is 25.9 Å². The van der Waals surface area contributed by atoms with E-state index >= 15 is 0 Å². The normalized spacial score (nSPS) is 26.7. The summed E-state index contributed by atoms with van der Waals surface area (Å²) in [6, 6.07) is 0. The molecule has 0 spiro atoms. The second-order valence-corrected chi connectivity index (χ2v) is 8.16. The zero-order valence-corrected chi connectivity index (χ0v) is 15.6. The Morgan fingerprint density at radius 2 is 2.21 bits per heavy atom. The predicted molar refractivity (Wildman–Crippen MR) is 85.2 cm³/mol. The van der Waals surface area contributed by atoms with Crippen LogP contribution in [0.15, 0.2) is 43.9 Å². The zero-order chi connectivity index (χ0) is 13.9. The third-order valence-electron chi connectivity index (χ3n) is 3.44. The summed E-state index contributed by atoms with van der Waals surface area (Å²) in [6.07, 6.45) is 12.3. The first-order valence-corrected chi connectivity index (χ1v) is 9.11. The molecule has 101 valence electrons. The molecule has 0 heterocycles. The molecule has 0 saturated heterocycles. The van der Waals surface area contributed by atoms with Crippen LogP contribution in [-0.4, -0.2) is 34.1 Å². The van der Waals surface area contributed by atoms with E-state index in [4.69, 9.17) is 4.74 Å². The van der Waals surface area contributed by atoms with Gasteiger partial charge in [0.1, 0.15) is 0 Å². The third kappa shape index (κ3) is 3.59. The van der Waals surface area contributed by atoms with Gasteiger partial charge in [0.25, 0.3) is 0 Å². The van der Waals surface area contributed by atoms with Gasteiger partial charge in [-0.1, -0.05) is 0 Å². The molecule has 3 heteroatoms. The number of hydrogen-bond acceptors (Lipinski definition) is 2. The molecule has 0 aromatic heterocycles. The van der Waals surface area contributed by atoms with Gasteiger partial charge in [0, 0.05) is 0 Å². The molecular formula is C16H21OSSn. The van der Waals surface area contributed by atoms with E-state index in [1.807, 2.05) is 11.8 Å². The van der Waals surface area contributed by atoms with Crippen molar-refractivity contribution in [3.8, 4) is 0 Å². The van der Waals surface area contributed by atoms with Crippen LogP contribution in [0.4, 0.5) is 0 Å². The van der Waals surface area contributed by atoms with E-state index in [1.165, 1.54) is 38.6 Å². The maximum absolute atomic E-state index is 6.28. The topological polar surface area (TPSA) is 9.23 Å². The van der Waals surface area contributed by atoms with Gasteiger partial charge in [0.2, 0.25) is 0 Å². The average molecular weight is 380 g/mol. The maximum atomic E-state index is 6.28. The Kier molecular flexibility index (Phi) is 5.44. The van der Waals surface area contributed by atoms with Crippen LogP contribution >= 0.6 is 11.8 Å².